The average Bonchev–Trinajstić information content (AvgIpc) is 2.01. The zero-order valence-electron chi connectivity index (χ0n) is 8.59. The van der Waals surface area contributed by atoms with E-state index in [1.165, 1.54) is 11.1 Å². The van der Waals surface area contributed by atoms with E-state index in [-0.39, 0.29) is 0 Å². The fourth-order valence-electron chi connectivity index (χ4n) is 1.43. The number of hydrogen-bond donors (Lipinski definition) is 0. The van der Waals surface area contributed by atoms with Crippen molar-refractivity contribution >= 4 is 34.4 Å². The van der Waals surface area contributed by atoms with E-state index in [2.05, 4.69) is 24.0 Å². The van der Waals surface area contributed by atoms with Gasteiger partial charge in [-0.3, -0.25) is 0 Å². The molecule has 78 valence electrons. The number of rotatable bonds is 3. The molecule has 0 aromatic heterocycles. The molecule has 0 heterocycles. The molecule has 0 N–H and O–H groups in total. The molecule has 0 saturated carbocycles. The first-order valence-electron chi connectivity index (χ1n) is 4.37. The molecule has 0 fully saturated rings. The van der Waals surface area contributed by atoms with Crippen molar-refractivity contribution in [3.05, 3.63) is 29.3 Å². The third-order valence-corrected chi connectivity index (χ3v) is 3.97. The Kier molecular flexibility index (Phi) is 4.66. The molecule has 0 aliphatic rings. The maximum Gasteiger partial charge on any atom is 0.117 e. The van der Waals surface area contributed by atoms with E-state index in [9.17, 15) is 0 Å². The summed E-state index contributed by atoms with van der Waals surface area (Å²) in [5, 5.41) is 1.11. The fraction of sp³-hybridized carbons (Fsp3) is 0.400. The molecule has 0 saturated heterocycles. The summed E-state index contributed by atoms with van der Waals surface area (Å²) in [6.07, 6.45) is 0. The lowest BCUT2D eigenvalue weighted by Gasteiger charge is -2.16. The van der Waals surface area contributed by atoms with E-state index in [0.29, 0.717) is 0 Å². The third-order valence-electron chi connectivity index (χ3n) is 1.98. The van der Waals surface area contributed by atoms with Crippen molar-refractivity contribution in [2.24, 2.45) is 0 Å². The molecule has 1 aromatic rings. The summed E-state index contributed by atoms with van der Waals surface area (Å²) >= 11 is 12.0. The lowest BCUT2D eigenvalue weighted by Crippen LogP contribution is -2.18. The molecule has 0 atom stereocenters. The Morgan fingerprint density at radius 3 is 2.43 bits per heavy atom. The van der Waals surface area contributed by atoms with Crippen molar-refractivity contribution in [3.63, 3.8) is 0 Å². The summed E-state index contributed by atoms with van der Waals surface area (Å²) in [6, 6.07) is 6.18. The highest BCUT2D eigenvalue weighted by Crippen LogP contribution is 2.47. The zero-order valence-corrected chi connectivity index (χ0v) is 11.0. The van der Waals surface area contributed by atoms with Crippen LogP contribution in [0.25, 0.3) is 0 Å². The summed E-state index contributed by atoms with van der Waals surface area (Å²) in [6.45, 7) is 1.88. The van der Waals surface area contributed by atoms with E-state index < -0.39 is 6.63 Å². The van der Waals surface area contributed by atoms with Crippen LogP contribution in [0.4, 0.5) is 0 Å². The van der Waals surface area contributed by atoms with Crippen molar-refractivity contribution in [3.8, 4) is 0 Å². The third kappa shape index (κ3) is 3.10. The van der Waals surface area contributed by atoms with Gasteiger partial charge in [0, 0.05) is 11.8 Å². The van der Waals surface area contributed by atoms with Gasteiger partial charge < -0.3 is 4.90 Å². The molecular formula is C10H14Cl2NP. The Morgan fingerprint density at radius 2 is 1.93 bits per heavy atom. The second kappa shape index (κ2) is 5.32. The standard InChI is InChI=1S/C10H14Cl2NP/c1-8-5-4-6-9(7-13(2)3)10(8)14(11)12/h4-6H,7H2,1-3H3. The Hall–Kier alpha value is 0.190. The summed E-state index contributed by atoms with van der Waals surface area (Å²) in [4.78, 5) is 2.12. The monoisotopic (exact) mass is 249 g/mol. The number of benzene rings is 1. The second-order valence-corrected chi connectivity index (χ2v) is 7.01. The van der Waals surface area contributed by atoms with E-state index in [0.717, 1.165) is 11.8 Å². The Balaban J connectivity index is 3.08. The molecule has 0 unspecified atom stereocenters. The summed E-state index contributed by atoms with van der Waals surface area (Å²) in [5.41, 5.74) is 2.41. The molecule has 0 radical (unpaired) electrons. The normalized spacial score (nSPS) is 11.4. The first kappa shape index (κ1) is 12.3. The highest BCUT2D eigenvalue weighted by molar-refractivity contribution is 8.09. The quantitative estimate of drug-likeness (QED) is 0.742. The molecule has 14 heavy (non-hydrogen) atoms. The van der Waals surface area contributed by atoms with E-state index in [4.69, 9.17) is 22.5 Å². The minimum atomic E-state index is -1.05. The van der Waals surface area contributed by atoms with Crippen LogP contribution in [0.2, 0.25) is 0 Å². The fourth-order valence-corrected chi connectivity index (χ4v) is 3.58. The van der Waals surface area contributed by atoms with Gasteiger partial charge >= 0.3 is 0 Å². The molecule has 0 aliphatic carbocycles. The molecule has 1 nitrogen and oxygen atoms in total. The Morgan fingerprint density at radius 1 is 1.29 bits per heavy atom. The summed E-state index contributed by atoms with van der Waals surface area (Å²) in [7, 11) is 4.08. The predicted octanol–water partition coefficient (Wildman–Crippen LogP) is 3.47. The average molecular weight is 250 g/mol. The van der Waals surface area contributed by atoms with Crippen LogP contribution in [-0.2, 0) is 6.54 Å². The topological polar surface area (TPSA) is 3.24 Å². The van der Waals surface area contributed by atoms with Crippen LogP contribution in [-0.4, -0.2) is 19.0 Å². The van der Waals surface area contributed by atoms with Gasteiger partial charge in [-0.05, 0) is 32.1 Å². The molecule has 0 bridgehead atoms. The first-order valence-corrected chi connectivity index (χ1v) is 7.52. The Bertz CT molecular complexity index is 313. The molecule has 1 aromatic carbocycles. The van der Waals surface area contributed by atoms with E-state index in [1.807, 2.05) is 20.2 Å². The lowest BCUT2D eigenvalue weighted by atomic mass is 10.1. The van der Waals surface area contributed by atoms with Crippen molar-refractivity contribution in [1.29, 1.82) is 0 Å². The van der Waals surface area contributed by atoms with Gasteiger partial charge in [0.15, 0.2) is 0 Å². The van der Waals surface area contributed by atoms with Gasteiger partial charge in [0.2, 0.25) is 0 Å². The van der Waals surface area contributed by atoms with Crippen LogP contribution >= 0.6 is 29.1 Å². The lowest BCUT2D eigenvalue weighted by molar-refractivity contribution is 0.403. The second-order valence-electron chi connectivity index (χ2n) is 3.55. The Labute approximate surface area is 96.3 Å². The molecular weight excluding hydrogens is 236 g/mol. The van der Waals surface area contributed by atoms with Gasteiger partial charge in [-0.2, -0.15) is 0 Å². The summed E-state index contributed by atoms with van der Waals surface area (Å²) in [5.74, 6) is 0. The summed E-state index contributed by atoms with van der Waals surface area (Å²) < 4.78 is 0. The number of nitrogens with zero attached hydrogens (tertiary/aromatic N) is 1. The van der Waals surface area contributed by atoms with Gasteiger partial charge in [0.25, 0.3) is 0 Å². The van der Waals surface area contributed by atoms with Crippen molar-refractivity contribution in [2.45, 2.75) is 13.5 Å². The van der Waals surface area contributed by atoms with Crippen LogP contribution in [0.1, 0.15) is 11.1 Å². The molecule has 0 amide bonds. The van der Waals surface area contributed by atoms with E-state index in [1.54, 1.807) is 0 Å². The van der Waals surface area contributed by atoms with Gasteiger partial charge in [-0.25, -0.2) is 0 Å². The molecule has 1 rings (SSSR count). The van der Waals surface area contributed by atoms with Crippen LogP contribution in [0.5, 0.6) is 0 Å². The van der Waals surface area contributed by atoms with Crippen LogP contribution in [0.3, 0.4) is 0 Å². The molecule has 4 heteroatoms. The molecule has 0 aliphatic heterocycles. The predicted molar refractivity (Wildman–Crippen MR) is 66.8 cm³/mol. The van der Waals surface area contributed by atoms with Crippen LogP contribution in [0.15, 0.2) is 18.2 Å². The highest BCUT2D eigenvalue weighted by atomic mass is 35.9. The number of hydrogen-bond acceptors (Lipinski definition) is 1. The minimum Gasteiger partial charge on any atom is -0.305 e. The van der Waals surface area contributed by atoms with Crippen LogP contribution < -0.4 is 5.30 Å². The highest BCUT2D eigenvalue weighted by Gasteiger charge is 2.13. The maximum atomic E-state index is 6.01. The maximum absolute atomic E-state index is 6.01. The van der Waals surface area contributed by atoms with Crippen molar-refractivity contribution in [2.75, 3.05) is 14.1 Å². The van der Waals surface area contributed by atoms with Gasteiger partial charge in [-0.1, -0.05) is 40.7 Å². The number of halogens is 2. The zero-order chi connectivity index (χ0) is 10.7. The SMILES string of the molecule is Cc1cccc(CN(C)C)c1P(Cl)Cl. The minimum absolute atomic E-state index is 0.884. The largest absolute Gasteiger partial charge is 0.305 e. The van der Waals surface area contributed by atoms with Gasteiger partial charge in [0.05, 0.1) is 0 Å². The smallest absolute Gasteiger partial charge is 0.117 e. The van der Waals surface area contributed by atoms with Crippen LogP contribution in [0, 0.1) is 6.92 Å². The van der Waals surface area contributed by atoms with Crippen molar-refractivity contribution < 1.29 is 0 Å². The van der Waals surface area contributed by atoms with Gasteiger partial charge in [-0.15, -0.1) is 0 Å². The first-order chi connectivity index (χ1) is 6.52. The number of aryl methyl sites for hydroxylation is 1. The van der Waals surface area contributed by atoms with Gasteiger partial charge in [0.1, 0.15) is 6.63 Å². The van der Waals surface area contributed by atoms with Crippen molar-refractivity contribution in [1.82, 2.24) is 4.90 Å². The van der Waals surface area contributed by atoms with E-state index >= 15 is 0 Å². The molecule has 0 spiro atoms.